The van der Waals surface area contributed by atoms with Crippen molar-refractivity contribution in [3.63, 3.8) is 0 Å². The Morgan fingerprint density at radius 1 is 1.12 bits per heavy atom. The van der Waals surface area contributed by atoms with Gasteiger partial charge in [0.2, 0.25) is 0 Å². The molecule has 4 rings (SSSR count). The number of carbonyl (C=O) groups is 1. The number of anilines is 3. The molecule has 0 aliphatic rings. The summed E-state index contributed by atoms with van der Waals surface area (Å²) in [6, 6.07) is 15.3. The van der Waals surface area contributed by atoms with Crippen molar-refractivity contribution in [2.75, 3.05) is 16.9 Å². The van der Waals surface area contributed by atoms with Crippen LogP contribution in [0.25, 0.3) is 11.3 Å². The summed E-state index contributed by atoms with van der Waals surface area (Å²) in [7, 11) is -3.52. The number of nitrogens with two attached hydrogens (primary N) is 1. The molecular weight excluding hydrogens is 458 g/mol. The molecule has 4 N–H and O–H groups in total. The zero-order chi connectivity index (χ0) is 23.4. The summed E-state index contributed by atoms with van der Waals surface area (Å²) in [4.78, 5) is 21.4. The Morgan fingerprint density at radius 2 is 1.91 bits per heavy atom. The third-order valence-corrected chi connectivity index (χ3v) is 6.70. The highest BCUT2D eigenvalue weighted by Gasteiger charge is 2.17. The van der Waals surface area contributed by atoms with Gasteiger partial charge in [-0.15, -0.1) is 11.3 Å². The van der Waals surface area contributed by atoms with E-state index >= 15 is 0 Å². The lowest BCUT2D eigenvalue weighted by Gasteiger charge is -2.12. The second-order valence-electron chi connectivity index (χ2n) is 7.24. The molecule has 0 saturated carbocycles. The zero-order valence-electron chi connectivity index (χ0n) is 17.6. The highest BCUT2D eigenvalue weighted by molar-refractivity contribution is 7.90. The second-order valence-corrected chi connectivity index (χ2v) is 10.1. The number of sulfone groups is 1. The van der Waals surface area contributed by atoms with Crippen LogP contribution in [0.5, 0.6) is 0 Å². The molecule has 4 aromatic rings. The maximum atomic E-state index is 12.6. The number of aromatic nitrogens is 2. The predicted molar refractivity (Wildman–Crippen MR) is 130 cm³/mol. The Labute approximate surface area is 195 Å². The van der Waals surface area contributed by atoms with Gasteiger partial charge in [-0.2, -0.15) is 0 Å². The summed E-state index contributed by atoms with van der Waals surface area (Å²) in [5.41, 5.74) is 9.33. The van der Waals surface area contributed by atoms with Crippen molar-refractivity contribution in [1.29, 1.82) is 0 Å². The Morgan fingerprint density at radius 3 is 2.58 bits per heavy atom. The number of benzene rings is 2. The van der Waals surface area contributed by atoms with Gasteiger partial charge >= 0.3 is 0 Å². The summed E-state index contributed by atoms with van der Waals surface area (Å²) in [6.07, 6.45) is 4.52. The van der Waals surface area contributed by atoms with Gasteiger partial charge in [-0.1, -0.05) is 12.1 Å². The smallest absolute Gasteiger partial charge is 0.255 e. The number of amides is 1. The quantitative estimate of drug-likeness (QED) is 0.365. The second kappa shape index (κ2) is 9.49. The number of nitrogens with one attached hydrogen (secondary N) is 2. The number of hydrogen-bond acceptors (Lipinski definition) is 8. The highest BCUT2D eigenvalue weighted by atomic mass is 32.2. The summed E-state index contributed by atoms with van der Waals surface area (Å²) < 4.78 is 24.6. The van der Waals surface area contributed by atoms with Crippen LogP contribution in [-0.4, -0.2) is 30.5 Å². The van der Waals surface area contributed by atoms with Gasteiger partial charge in [-0.3, -0.25) is 9.78 Å². The van der Waals surface area contributed by atoms with E-state index in [-0.39, 0.29) is 10.8 Å². The fourth-order valence-corrected chi connectivity index (χ4v) is 4.67. The standard InChI is InChI=1S/C23H21N5O3S2/c1-33(30,31)21-9-8-18(26-22(29)16-6-4-15(12-24)5-7-16)11-19(21)27-23-28-20(14-32-23)17-3-2-10-25-13-17/h2-11,13-14H,12,24H2,1H3,(H,26,29)(H,27,28). The van der Waals surface area contributed by atoms with Crippen molar-refractivity contribution in [1.82, 2.24) is 9.97 Å². The van der Waals surface area contributed by atoms with Crippen LogP contribution in [0, 0.1) is 0 Å². The van der Waals surface area contributed by atoms with E-state index in [1.165, 1.54) is 17.4 Å². The molecule has 8 nitrogen and oxygen atoms in total. The molecule has 0 spiro atoms. The fraction of sp³-hybridized carbons (Fsp3) is 0.0870. The van der Waals surface area contributed by atoms with Crippen LogP contribution in [0.3, 0.4) is 0 Å². The molecule has 0 bridgehead atoms. The maximum absolute atomic E-state index is 12.6. The summed E-state index contributed by atoms with van der Waals surface area (Å²) in [5, 5.41) is 8.25. The average molecular weight is 480 g/mol. The first-order valence-corrected chi connectivity index (χ1v) is 12.7. The van der Waals surface area contributed by atoms with E-state index in [9.17, 15) is 13.2 Å². The minimum atomic E-state index is -3.52. The minimum absolute atomic E-state index is 0.103. The number of hydrogen-bond donors (Lipinski definition) is 3. The molecule has 33 heavy (non-hydrogen) atoms. The third kappa shape index (κ3) is 5.43. The monoisotopic (exact) mass is 479 g/mol. The van der Waals surface area contributed by atoms with Gasteiger partial charge in [-0.05, 0) is 48.0 Å². The maximum Gasteiger partial charge on any atom is 0.255 e. The molecule has 0 saturated heterocycles. The van der Waals surface area contributed by atoms with E-state index in [4.69, 9.17) is 5.73 Å². The van der Waals surface area contributed by atoms with Crippen molar-refractivity contribution >= 4 is 43.6 Å². The van der Waals surface area contributed by atoms with Gasteiger partial charge in [0.1, 0.15) is 0 Å². The van der Waals surface area contributed by atoms with Crippen LogP contribution in [0.1, 0.15) is 15.9 Å². The van der Waals surface area contributed by atoms with E-state index in [1.807, 2.05) is 17.5 Å². The van der Waals surface area contributed by atoms with Crippen LogP contribution in [0.4, 0.5) is 16.5 Å². The summed E-state index contributed by atoms with van der Waals surface area (Å²) in [5.74, 6) is -0.315. The Kier molecular flexibility index (Phi) is 6.50. The normalized spacial score (nSPS) is 11.2. The van der Waals surface area contributed by atoms with Gasteiger partial charge in [0.25, 0.3) is 5.91 Å². The zero-order valence-corrected chi connectivity index (χ0v) is 19.3. The number of pyridine rings is 1. The van der Waals surface area contributed by atoms with E-state index in [1.54, 1.807) is 48.8 Å². The summed E-state index contributed by atoms with van der Waals surface area (Å²) >= 11 is 1.34. The fourth-order valence-electron chi connectivity index (χ4n) is 3.12. The molecule has 0 aliphatic heterocycles. The molecule has 2 heterocycles. The first-order valence-electron chi connectivity index (χ1n) is 9.91. The molecule has 10 heteroatoms. The molecule has 0 atom stereocenters. The highest BCUT2D eigenvalue weighted by Crippen LogP contribution is 2.31. The van der Waals surface area contributed by atoms with Crippen molar-refractivity contribution in [2.45, 2.75) is 11.4 Å². The minimum Gasteiger partial charge on any atom is -0.330 e. The molecule has 2 aromatic carbocycles. The molecule has 0 fully saturated rings. The van der Waals surface area contributed by atoms with Crippen LogP contribution in [0.2, 0.25) is 0 Å². The number of nitrogens with zero attached hydrogens (tertiary/aromatic N) is 2. The van der Waals surface area contributed by atoms with Crippen molar-refractivity contribution in [2.24, 2.45) is 5.73 Å². The van der Waals surface area contributed by atoms with Crippen LogP contribution in [0.15, 0.2) is 77.3 Å². The molecule has 0 aliphatic carbocycles. The van der Waals surface area contributed by atoms with E-state index in [0.29, 0.717) is 28.6 Å². The first-order chi connectivity index (χ1) is 15.8. The van der Waals surface area contributed by atoms with Gasteiger partial charge < -0.3 is 16.4 Å². The first kappa shape index (κ1) is 22.6. The molecule has 0 unspecified atom stereocenters. The van der Waals surface area contributed by atoms with Crippen LogP contribution >= 0.6 is 11.3 Å². The summed E-state index contributed by atoms with van der Waals surface area (Å²) in [6.45, 7) is 0.392. The Bertz CT molecular complexity index is 1390. The van der Waals surface area contributed by atoms with Gasteiger partial charge in [0.15, 0.2) is 15.0 Å². The molecule has 2 aromatic heterocycles. The van der Waals surface area contributed by atoms with Crippen LogP contribution in [-0.2, 0) is 16.4 Å². The van der Waals surface area contributed by atoms with E-state index < -0.39 is 9.84 Å². The third-order valence-electron chi connectivity index (χ3n) is 4.79. The Balaban J connectivity index is 1.60. The van der Waals surface area contributed by atoms with Crippen molar-refractivity contribution < 1.29 is 13.2 Å². The lowest BCUT2D eigenvalue weighted by Crippen LogP contribution is -2.13. The van der Waals surface area contributed by atoms with E-state index in [2.05, 4.69) is 20.6 Å². The largest absolute Gasteiger partial charge is 0.330 e. The van der Waals surface area contributed by atoms with E-state index in [0.717, 1.165) is 23.1 Å². The van der Waals surface area contributed by atoms with Gasteiger partial charge in [0.05, 0.1) is 16.3 Å². The van der Waals surface area contributed by atoms with Gasteiger partial charge in [-0.25, -0.2) is 13.4 Å². The number of carbonyl (C=O) groups excluding carboxylic acids is 1. The van der Waals surface area contributed by atoms with Crippen LogP contribution < -0.4 is 16.4 Å². The lowest BCUT2D eigenvalue weighted by molar-refractivity contribution is 0.102. The lowest BCUT2D eigenvalue weighted by atomic mass is 10.1. The predicted octanol–water partition coefficient (Wildman–Crippen LogP) is 4.06. The molecule has 1 amide bonds. The molecular formula is C23H21N5O3S2. The molecule has 168 valence electrons. The molecule has 0 radical (unpaired) electrons. The average Bonchev–Trinajstić information content (AvgIpc) is 3.27. The van der Waals surface area contributed by atoms with Gasteiger partial charge in [0, 0.05) is 47.4 Å². The number of thiazole rings is 1. The van der Waals surface area contributed by atoms with Crippen molar-refractivity contribution in [3.05, 3.63) is 83.5 Å². The topological polar surface area (TPSA) is 127 Å². The SMILES string of the molecule is CS(=O)(=O)c1ccc(NC(=O)c2ccc(CN)cc2)cc1Nc1nc(-c2cccnc2)cs1. The van der Waals surface area contributed by atoms with Crippen molar-refractivity contribution in [3.8, 4) is 11.3 Å². The Hall–Kier alpha value is -3.60. The number of rotatable bonds is 7.